The molecule has 0 bridgehead atoms. The minimum Gasteiger partial charge on any atom is -0.212 e. The molecule has 0 saturated carbocycles. The van der Waals surface area contributed by atoms with Gasteiger partial charge in [0.2, 0.25) is 9.05 Å². The average Bonchev–Trinajstić information content (AvgIpc) is 1.98. The number of rotatable bonds is 7. The van der Waals surface area contributed by atoms with Gasteiger partial charge >= 0.3 is 6.18 Å². The molecule has 0 aliphatic heterocycles. The molecular weight excluding hydrogens is 253 g/mol. The molecule has 0 aromatic heterocycles. The first-order chi connectivity index (χ1) is 6.71. The highest BCUT2D eigenvalue weighted by molar-refractivity contribution is 8.13. The van der Waals surface area contributed by atoms with E-state index in [9.17, 15) is 21.6 Å². The number of halogens is 4. The molecule has 0 aromatic carbocycles. The largest absolute Gasteiger partial charge is 0.389 e. The normalized spacial score (nSPS) is 13.1. The fourth-order valence-corrected chi connectivity index (χ4v) is 2.01. The summed E-state index contributed by atoms with van der Waals surface area (Å²) in [5, 5.41) is 0. The molecule has 0 N–H and O–H groups in total. The molecule has 0 aliphatic carbocycles. The third kappa shape index (κ3) is 14.0. The van der Waals surface area contributed by atoms with E-state index in [0.717, 1.165) is 0 Å². The zero-order chi connectivity index (χ0) is 11.9. The molecule has 0 saturated heterocycles. The van der Waals surface area contributed by atoms with E-state index < -0.39 is 21.6 Å². The third-order valence-corrected chi connectivity index (χ3v) is 3.09. The van der Waals surface area contributed by atoms with Crippen molar-refractivity contribution >= 4 is 19.7 Å². The maximum atomic E-state index is 11.7. The van der Waals surface area contributed by atoms with Crippen LogP contribution in [0.3, 0.4) is 0 Å². The van der Waals surface area contributed by atoms with Crippen molar-refractivity contribution in [1.29, 1.82) is 0 Å². The van der Waals surface area contributed by atoms with Crippen molar-refractivity contribution in [2.75, 3.05) is 5.75 Å². The van der Waals surface area contributed by atoms with E-state index in [4.69, 9.17) is 10.7 Å². The summed E-state index contributed by atoms with van der Waals surface area (Å²) in [6.45, 7) is 0. The van der Waals surface area contributed by atoms with Gasteiger partial charge in [0.15, 0.2) is 0 Å². The van der Waals surface area contributed by atoms with Crippen LogP contribution in [-0.4, -0.2) is 20.3 Å². The lowest BCUT2D eigenvalue weighted by Gasteiger charge is -2.05. The van der Waals surface area contributed by atoms with Gasteiger partial charge in [-0.25, -0.2) is 8.42 Å². The Bertz CT molecular complexity index is 262. The van der Waals surface area contributed by atoms with Gasteiger partial charge in [0.1, 0.15) is 0 Å². The van der Waals surface area contributed by atoms with Gasteiger partial charge in [0, 0.05) is 17.1 Å². The van der Waals surface area contributed by atoms with Gasteiger partial charge in [-0.1, -0.05) is 19.3 Å². The van der Waals surface area contributed by atoms with Crippen molar-refractivity contribution in [3.63, 3.8) is 0 Å². The van der Waals surface area contributed by atoms with Crippen LogP contribution in [0.15, 0.2) is 0 Å². The Morgan fingerprint density at radius 1 is 0.933 bits per heavy atom. The molecule has 0 aliphatic rings. The molecule has 15 heavy (non-hydrogen) atoms. The van der Waals surface area contributed by atoms with Crippen LogP contribution in [0.4, 0.5) is 13.2 Å². The van der Waals surface area contributed by atoms with Crippen molar-refractivity contribution in [1.82, 2.24) is 0 Å². The molecule has 0 radical (unpaired) electrons. The Hall–Kier alpha value is 0.0300. The minimum absolute atomic E-state index is 0.103. The molecule has 2 nitrogen and oxygen atoms in total. The summed E-state index contributed by atoms with van der Waals surface area (Å²) in [6.07, 6.45) is -2.64. The van der Waals surface area contributed by atoms with Crippen LogP contribution in [0.5, 0.6) is 0 Å². The topological polar surface area (TPSA) is 34.1 Å². The summed E-state index contributed by atoms with van der Waals surface area (Å²) < 4.78 is 56.0. The minimum atomic E-state index is -4.08. The Balaban J connectivity index is 3.27. The Morgan fingerprint density at radius 3 is 1.87 bits per heavy atom. The fourth-order valence-electron chi connectivity index (χ4n) is 1.13. The molecule has 0 aromatic rings. The quantitative estimate of drug-likeness (QED) is 0.522. The summed E-state index contributed by atoms with van der Waals surface area (Å²) >= 11 is 0. The van der Waals surface area contributed by atoms with E-state index >= 15 is 0 Å². The fraction of sp³-hybridized carbons (Fsp3) is 1.00. The summed E-state index contributed by atoms with van der Waals surface area (Å²) in [5.41, 5.74) is 0. The van der Waals surface area contributed by atoms with Crippen LogP contribution >= 0.6 is 10.7 Å². The maximum Gasteiger partial charge on any atom is 0.389 e. The second-order valence-corrected chi connectivity index (χ2v) is 6.27. The average molecular weight is 267 g/mol. The van der Waals surface area contributed by atoms with Crippen LogP contribution in [0.25, 0.3) is 0 Å². The molecule has 0 atom stereocenters. The molecule has 0 heterocycles. The zero-order valence-corrected chi connectivity index (χ0v) is 9.76. The van der Waals surface area contributed by atoms with Gasteiger partial charge in [-0.3, -0.25) is 0 Å². The lowest BCUT2D eigenvalue weighted by atomic mass is 10.1. The van der Waals surface area contributed by atoms with Crippen LogP contribution in [-0.2, 0) is 9.05 Å². The van der Waals surface area contributed by atoms with Crippen LogP contribution in [0.2, 0.25) is 0 Å². The maximum absolute atomic E-state index is 11.7. The van der Waals surface area contributed by atoms with E-state index in [1.54, 1.807) is 0 Å². The summed E-state index contributed by atoms with van der Waals surface area (Å²) in [4.78, 5) is 0. The predicted molar refractivity (Wildman–Crippen MR) is 53.4 cm³/mol. The van der Waals surface area contributed by atoms with Crippen molar-refractivity contribution in [3.8, 4) is 0 Å². The Morgan fingerprint density at radius 2 is 1.40 bits per heavy atom. The second-order valence-electron chi connectivity index (χ2n) is 3.38. The summed E-state index contributed by atoms with van der Waals surface area (Å²) in [6, 6.07) is 0. The van der Waals surface area contributed by atoms with E-state index in [0.29, 0.717) is 25.7 Å². The second kappa shape index (κ2) is 6.58. The van der Waals surface area contributed by atoms with Crippen molar-refractivity contribution in [3.05, 3.63) is 0 Å². The number of alkyl halides is 3. The van der Waals surface area contributed by atoms with Crippen LogP contribution < -0.4 is 0 Å². The number of hydrogen-bond acceptors (Lipinski definition) is 2. The highest BCUT2D eigenvalue weighted by Gasteiger charge is 2.25. The van der Waals surface area contributed by atoms with E-state index in [1.165, 1.54) is 0 Å². The zero-order valence-electron chi connectivity index (χ0n) is 8.19. The van der Waals surface area contributed by atoms with E-state index in [1.807, 2.05) is 0 Å². The van der Waals surface area contributed by atoms with Crippen molar-refractivity contribution < 1.29 is 21.6 Å². The van der Waals surface area contributed by atoms with Crippen molar-refractivity contribution in [2.24, 2.45) is 0 Å². The first-order valence-corrected chi connectivity index (χ1v) is 7.18. The highest BCUT2D eigenvalue weighted by Crippen LogP contribution is 2.23. The standard InChI is InChI=1S/C8H14ClF3O2S/c9-15(13,14)7-5-3-1-2-4-6-8(10,11)12/h1-7H2. The summed E-state index contributed by atoms with van der Waals surface area (Å²) in [5.74, 6) is -0.103. The molecule has 0 unspecified atom stereocenters. The van der Waals surface area contributed by atoms with Gasteiger partial charge in [-0.05, 0) is 12.8 Å². The lowest BCUT2D eigenvalue weighted by Crippen LogP contribution is -2.06. The molecule has 92 valence electrons. The molecule has 0 rings (SSSR count). The number of unbranched alkanes of at least 4 members (excludes halogenated alkanes) is 4. The van der Waals surface area contributed by atoms with Gasteiger partial charge in [0.05, 0.1) is 5.75 Å². The lowest BCUT2D eigenvalue weighted by molar-refractivity contribution is -0.135. The van der Waals surface area contributed by atoms with Gasteiger partial charge in [0.25, 0.3) is 0 Å². The molecule has 0 fully saturated rings. The van der Waals surface area contributed by atoms with Crippen LogP contribution in [0, 0.1) is 0 Å². The molecule has 0 amide bonds. The van der Waals surface area contributed by atoms with Gasteiger partial charge in [-0.2, -0.15) is 13.2 Å². The first kappa shape index (κ1) is 15.0. The van der Waals surface area contributed by atoms with Crippen LogP contribution in [0.1, 0.15) is 38.5 Å². The molecule has 0 spiro atoms. The van der Waals surface area contributed by atoms with Gasteiger partial charge in [-0.15, -0.1) is 0 Å². The van der Waals surface area contributed by atoms with E-state index in [-0.39, 0.29) is 12.2 Å². The third-order valence-electron chi connectivity index (χ3n) is 1.85. The van der Waals surface area contributed by atoms with Crippen molar-refractivity contribution in [2.45, 2.75) is 44.7 Å². The monoisotopic (exact) mass is 266 g/mol. The van der Waals surface area contributed by atoms with Gasteiger partial charge < -0.3 is 0 Å². The Kier molecular flexibility index (Phi) is 6.59. The SMILES string of the molecule is O=S(=O)(Cl)CCCCCCCC(F)(F)F. The smallest absolute Gasteiger partial charge is 0.212 e. The predicted octanol–water partition coefficient (Wildman–Crippen LogP) is 3.46. The molecular formula is C8H14ClF3O2S. The molecule has 7 heteroatoms. The number of hydrogen-bond donors (Lipinski definition) is 0. The first-order valence-electron chi connectivity index (χ1n) is 4.70. The van der Waals surface area contributed by atoms with E-state index in [2.05, 4.69) is 0 Å². The summed E-state index contributed by atoms with van der Waals surface area (Å²) in [7, 11) is 1.51. The Labute approximate surface area is 92.2 Å². The highest BCUT2D eigenvalue weighted by atomic mass is 35.7.